The fourth-order valence-electron chi connectivity index (χ4n) is 2.33. The summed E-state index contributed by atoms with van der Waals surface area (Å²) in [5.74, 6) is -7.63. The van der Waals surface area contributed by atoms with E-state index in [-0.39, 0.29) is 0 Å². The Labute approximate surface area is 128 Å². The molecule has 7 nitrogen and oxygen atoms in total. The second-order valence-corrected chi connectivity index (χ2v) is 4.38. The average molecular weight is 306 g/mol. The summed E-state index contributed by atoms with van der Waals surface area (Å²) >= 11 is 0. The zero-order chi connectivity index (χ0) is 16.8. The summed E-state index contributed by atoms with van der Waals surface area (Å²) < 4.78 is 15.0. The van der Waals surface area contributed by atoms with Gasteiger partial charge in [0.05, 0.1) is 31.0 Å². The topological polar surface area (TPSA) is 109 Å². The zero-order valence-electron chi connectivity index (χ0n) is 12.4. The number of nitrogens with zero attached hydrogens (tertiary/aromatic N) is 1. The van der Waals surface area contributed by atoms with Crippen LogP contribution in [0.3, 0.4) is 0 Å². The first-order valence-corrected chi connectivity index (χ1v) is 6.32. The Balaban J connectivity index is 3.57. The summed E-state index contributed by atoms with van der Waals surface area (Å²) in [7, 11) is 3.44. The molecule has 1 aromatic rings. The quantitative estimate of drug-likeness (QED) is 0.508. The van der Waals surface area contributed by atoms with Crippen LogP contribution in [0.2, 0.25) is 0 Å². The van der Waals surface area contributed by atoms with Crippen LogP contribution in [0, 0.1) is 17.2 Å². The Bertz CT molecular complexity index is 561. The third kappa shape index (κ3) is 3.08. The average Bonchev–Trinajstić information content (AvgIpc) is 2.55. The Morgan fingerprint density at radius 1 is 1.18 bits per heavy atom. The first-order valence-electron chi connectivity index (χ1n) is 6.32. The van der Waals surface area contributed by atoms with Gasteiger partial charge in [0.25, 0.3) is 5.79 Å². The van der Waals surface area contributed by atoms with Gasteiger partial charge in [0.2, 0.25) is 0 Å². The van der Waals surface area contributed by atoms with Crippen LogP contribution in [0.1, 0.15) is 11.5 Å². The Hall–Kier alpha value is -2.43. The molecule has 0 saturated carbocycles. The van der Waals surface area contributed by atoms with Gasteiger partial charge >= 0.3 is 5.97 Å². The van der Waals surface area contributed by atoms with Gasteiger partial charge in [0.1, 0.15) is 0 Å². The van der Waals surface area contributed by atoms with E-state index < -0.39 is 29.6 Å². The van der Waals surface area contributed by atoms with Crippen molar-refractivity contribution in [3.05, 3.63) is 35.9 Å². The molecule has 0 fully saturated rings. The fourth-order valence-corrected chi connectivity index (χ4v) is 2.33. The highest BCUT2D eigenvalue weighted by atomic mass is 16.7. The van der Waals surface area contributed by atoms with Crippen LogP contribution in [0.5, 0.6) is 0 Å². The summed E-state index contributed by atoms with van der Waals surface area (Å²) in [6.45, 7) is 0. The van der Waals surface area contributed by atoms with Crippen molar-refractivity contribution >= 4 is 11.9 Å². The number of carbonyl (C=O) groups is 2. The van der Waals surface area contributed by atoms with E-state index in [0.29, 0.717) is 5.56 Å². The molecule has 7 heteroatoms. The lowest BCUT2D eigenvalue weighted by molar-refractivity contribution is -0.314. The molecule has 0 radical (unpaired) electrons. The fraction of sp³-hybridized carbons (Fsp3) is 0.400. The van der Waals surface area contributed by atoms with E-state index in [1.807, 2.05) is 0 Å². The summed E-state index contributed by atoms with van der Waals surface area (Å²) in [5.41, 5.74) is 0.368. The molecule has 0 N–H and O–H groups in total. The maximum Gasteiger partial charge on any atom is 0.367 e. The minimum atomic E-state index is -2.09. The summed E-state index contributed by atoms with van der Waals surface area (Å²) in [4.78, 5) is 23.5. The summed E-state index contributed by atoms with van der Waals surface area (Å²) in [6.07, 6.45) is 0. The van der Waals surface area contributed by atoms with Crippen molar-refractivity contribution in [3.63, 3.8) is 0 Å². The standard InChI is InChI=1S/C15H17NO6/c1-20-14(19)15(21-2,22-3)12(11(9-16)13(17)18)10-7-5-4-6-8-10/h4-8,11-12H,1-3H3,(H,17,18)/p-1/t11-,12+/m1/s1. The molecule has 118 valence electrons. The Morgan fingerprint density at radius 2 is 1.73 bits per heavy atom. The van der Waals surface area contributed by atoms with Crippen molar-refractivity contribution in [2.75, 3.05) is 21.3 Å². The number of nitriles is 1. The third-order valence-electron chi connectivity index (χ3n) is 3.37. The molecule has 0 amide bonds. The molecule has 0 aliphatic carbocycles. The van der Waals surface area contributed by atoms with Crippen LogP contribution in [0.15, 0.2) is 30.3 Å². The van der Waals surface area contributed by atoms with Crippen molar-refractivity contribution in [2.45, 2.75) is 11.7 Å². The molecule has 0 aliphatic rings. The van der Waals surface area contributed by atoms with Crippen LogP contribution < -0.4 is 5.11 Å². The maximum atomic E-state index is 12.2. The molecule has 22 heavy (non-hydrogen) atoms. The van der Waals surface area contributed by atoms with E-state index in [1.165, 1.54) is 14.2 Å². The molecule has 1 rings (SSSR count). The number of rotatable bonds is 7. The molecule has 0 aromatic heterocycles. The minimum Gasteiger partial charge on any atom is -0.549 e. The third-order valence-corrected chi connectivity index (χ3v) is 3.37. The van der Waals surface area contributed by atoms with E-state index >= 15 is 0 Å². The Kier molecular flexibility index (Phi) is 6.04. The van der Waals surface area contributed by atoms with Gasteiger partial charge in [-0.05, 0) is 5.56 Å². The molecule has 0 spiro atoms. The number of benzene rings is 1. The highest BCUT2D eigenvalue weighted by Crippen LogP contribution is 2.39. The van der Waals surface area contributed by atoms with Crippen molar-refractivity contribution in [2.24, 2.45) is 5.92 Å². The monoisotopic (exact) mass is 306 g/mol. The van der Waals surface area contributed by atoms with Gasteiger partial charge in [-0.2, -0.15) is 5.26 Å². The van der Waals surface area contributed by atoms with Gasteiger partial charge in [0.15, 0.2) is 0 Å². The number of hydrogen-bond acceptors (Lipinski definition) is 7. The number of carbonyl (C=O) groups excluding carboxylic acids is 2. The molecular formula is C15H16NO6-. The molecule has 0 bridgehead atoms. The molecule has 0 aliphatic heterocycles. The maximum absolute atomic E-state index is 12.2. The van der Waals surface area contributed by atoms with E-state index in [4.69, 9.17) is 9.47 Å². The number of carboxylic acid groups (broad SMARTS) is 1. The normalized spacial score (nSPS) is 13.7. The van der Waals surface area contributed by atoms with E-state index in [2.05, 4.69) is 4.74 Å². The summed E-state index contributed by atoms with van der Waals surface area (Å²) in [6, 6.07) is 9.73. The summed E-state index contributed by atoms with van der Waals surface area (Å²) in [5, 5.41) is 20.5. The molecule has 0 saturated heterocycles. The lowest BCUT2D eigenvalue weighted by Gasteiger charge is -2.38. The van der Waals surface area contributed by atoms with Gasteiger partial charge < -0.3 is 24.1 Å². The lowest BCUT2D eigenvalue weighted by Crippen LogP contribution is -2.53. The Morgan fingerprint density at radius 3 is 2.09 bits per heavy atom. The highest BCUT2D eigenvalue weighted by Gasteiger charge is 2.53. The molecular weight excluding hydrogens is 290 g/mol. The lowest BCUT2D eigenvalue weighted by atomic mass is 9.80. The SMILES string of the molecule is COC(=O)C(OC)(OC)[C@@H](c1ccccc1)[C@@H](C#N)C(=O)[O-]. The second kappa shape index (κ2) is 7.54. The van der Waals surface area contributed by atoms with Gasteiger partial charge in [-0.15, -0.1) is 0 Å². The van der Waals surface area contributed by atoms with E-state index in [0.717, 1.165) is 7.11 Å². The van der Waals surface area contributed by atoms with Crippen molar-refractivity contribution < 1.29 is 28.9 Å². The zero-order valence-corrected chi connectivity index (χ0v) is 12.4. The van der Waals surface area contributed by atoms with Crippen molar-refractivity contribution in [3.8, 4) is 6.07 Å². The first kappa shape index (κ1) is 17.6. The van der Waals surface area contributed by atoms with Gasteiger partial charge in [-0.3, -0.25) is 0 Å². The van der Waals surface area contributed by atoms with Crippen LogP contribution in [0.25, 0.3) is 0 Å². The second-order valence-electron chi connectivity index (χ2n) is 4.38. The van der Waals surface area contributed by atoms with Crippen LogP contribution >= 0.6 is 0 Å². The number of carboxylic acids is 1. The van der Waals surface area contributed by atoms with Crippen LogP contribution in [0.4, 0.5) is 0 Å². The van der Waals surface area contributed by atoms with Gasteiger partial charge in [-0.25, -0.2) is 4.79 Å². The van der Waals surface area contributed by atoms with E-state index in [9.17, 15) is 20.0 Å². The number of methoxy groups -OCH3 is 3. The molecule has 0 unspecified atom stereocenters. The minimum absolute atomic E-state index is 0.368. The first-order chi connectivity index (χ1) is 10.5. The van der Waals surface area contributed by atoms with Gasteiger partial charge in [0, 0.05) is 14.2 Å². The predicted molar refractivity (Wildman–Crippen MR) is 72.1 cm³/mol. The number of hydrogen-bond donors (Lipinski definition) is 0. The molecule has 1 aromatic carbocycles. The van der Waals surface area contributed by atoms with Crippen molar-refractivity contribution in [1.82, 2.24) is 0 Å². The van der Waals surface area contributed by atoms with Crippen molar-refractivity contribution in [1.29, 1.82) is 5.26 Å². The smallest absolute Gasteiger partial charge is 0.367 e. The number of ether oxygens (including phenoxy) is 3. The number of esters is 1. The van der Waals surface area contributed by atoms with E-state index in [1.54, 1.807) is 36.4 Å². The van der Waals surface area contributed by atoms with Gasteiger partial charge in [-0.1, -0.05) is 30.3 Å². The van der Waals surface area contributed by atoms with Crippen LogP contribution in [-0.2, 0) is 23.8 Å². The molecule has 2 atom stereocenters. The predicted octanol–water partition coefficient (Wildman–Crippen LogP) is -0.178. The van der Waals surface area contributed by atoms with Crippen LogP contribution in [-0.4, -0.2) is 39.1 Å². The number of aliphatic carboxylic acids is 1. The molecule has 0 heterocycles. The highest BCUT2D eigenvalue weighted by molar-refractivity contribution is 5.82. The largest absolute Gasteiger partial charge is 0.549 e.